The molecule has 0 N–H and O–H groups in total. The summed E-state index contributed by atoms with van der Waals surface area (Å²) in [5.74, 6) is 1.37. The van der Waals surface area contributed by atoms with E-state index in [1.54, 1.807) is 7.11 Å². The van der Waals surface area contributed by atoms with Crippen molar-refractivity contribution in [3.05, 3.63) is 59.7 Å². The number of methoxy groups -OCH3 is 1. The molecule has 140 valence electrons. The van der Waals surface area contributed by atoms with Gasteiger partial charge in [-0.1, -0.05) is 24.3 Å². The number of hydrogen-bond donors (Lipinski definition) is 0. The molecule has 3 aromatic rings. The molecule has 2 heterocycles. The SMILES string of the molecule is COc1ccc(-c2nc(N3CCOCC3)nc3c2C(=O)c2ccccc2-3)cc1. The summed E-state index contributed by atoms with van der Waals surface area (Å²) in [6.45, 7) is 2.76. The van der Waals surface area contributed by atoms with Crippen LogP contribution in [0.15, 0.2) is 48.5 Å². The van der Waals surface area contributed by atoms with Crippen molar-refractivity contribution >= 4 is 11.7 Å². The van der Waals surface area contributed by atoms with Gasteiger partial charge in [0.05, 0.1) is 37.3 Å². The maximum Gasteiger partial charge on any atom is 0.226 e. The van der Waals surface area contributed by atoms with Gasteiger partial charge in [0.15, 0.2) is 5.78 Å². The fourth-order valence-electron chi connectivity index (χ4n) is 3.74. The second kappa shape index (κ2) is 6.73. The Hall–Kier alpha value is -3.25. The Kier molecular flexibility index (Phi) is 4.06. The molecule has 1 saturated heterocycles. The van der Waals surface area contributed by atoms with Crippen LogP contribution in [-0.2, 0) is 4.74 Å². The van der Waals surface area contributed by atoms with Crippen LogP contribution in [0.3, 0.4) is 0 Å². The number of carbonyl (C=O) groups excluding carboxylic acids is 1. The highest BCUT2D eigenvalue weighted by atomic mass is 16.5. The van der Waals surface area contributed by atoms with E-state index in [9.17, 15) is 4.79 Å². The Bertz CT molecular complexity index is 1060. The van der Waals surface area contributed by atoms with E-state index < -0.39 is 0 Å². The molecule has 0 amide bonds. The van der Waals surface area contributed by atoms with Gasteiger partial charge in [-0.2, -0.15) is 0 Å². The van der Waals surface area contributed by atoms with Gasteiger partial charge in [-0.3, -0.25) is 4.79 Å². The molecule has 1 aromatic heterocycles. The van der Waals surface area contributed by atoms with Gasteiger partial charge in [0, 0.05) is 29.8 Å². The van der Waals surface area contributed by atoms with Gasteiger partial charge in [0.1, 0.15) is 5.75 Å². The Morgan fingerprint density at radius 3 is 2.32 bits per heavy atom. The highest BCUT2D eigenvalue weighted by Gasteiger charge is 2.33. The van der Waals surface area contributed by atoms with Crippen molar-refractivity contribution in [2.75, 3.05) is 38.3 Å². The smallest absolute Gasteiger partial charge is 0.226 e. The van der Waals surface area contributed by atoms with Gasteiger partial charge in [-0.05, 0) is 24.3 Å². The number of benzene rings is 2. The van der Waals surface area contributed by atoms with E-state index in [0.717, 1.165) is 30.0 Å². The molecule has 6 heteroatoms. The molecule has 5 rings (SSSR count). The topological polar surface area (TPSA) is 64.6 Å². The normalized spacial score (nSPS) is 15.3. The fourth-order valence-corrected chi connectivity index (χ4v) is 3.74. The number of carbonyl (C=O) groups is 1. The summed E-state index contributed by atoms with van der Waals surface area (Å²) < 4.78 is 10.7. The zero-order valence-corrected chi connectivity index (χ0v) is 15.5. The predicted molar refractivity (Wildman–Crippen MR) is 106 cm³/mol. The maximum absolute atomic E-state index is 13.2. The Balaban J connectivity index is 1.72. The first kappa shape index (κ1) is 16.9. The minimum absolute atomic E-state index is 0.0232. The Labute approximate surface area is 162 Å². The average Bonchev–Trinajstić information content (AvgIpc) is 3.06. The fraction of sp³-hybridized carbons (Fsp3) is 0.227. The Morgan fingerprint density at radius 2 is 1.61 bits per heavy atom. The van der Waals surface area contributed by atoms with Gasteiger partial charge >= 0.3 is 0 Å². The lowest BCUT2D eigenvalue weighted by atomic mass is 10.0. The monoisotopic (exact) mass is 373 g/mol. The third-order valence-electron chi connectivity index (χ3n) is 5.21. The minimum Gasteiger partial charge on any atom is -0.497 e. The van der Waals surface area contributed by atoms with E-state index in [0.29, 0.717) is 41.7 Å². The predicted octanol–water partition coefficient (Wildman–Crippen LogP) is 3.20. The molecule has 1 aliphatic carbocycles. The summed E-state index contributed by atoms with van der Waals surface area (Å²) >= 11 is 0. The van der Waals surface area contributed by atoms with Crippen molar-refractivity contribution in [1.82, 2.24) is 9.97 Å². The van der Waals surface area contributed by atoms with Crippen LogP contribution in [0.25, 0.3) is 22.5 Å². The summed E-state index contributed by atoms with van der Waals surface area (Å²) in [7, 11) is 1.63. The molecule has 1 aliphatic heterocycles. The summed E-state index contributed by atoms with van der Waals surface area (Å²) in [5.41, 5.74) is 4.37. The number of ether oxygens (including phenoxy) is 2. The van der Waals surface area contributed by atoms with Crippen molar-refractivity contribution in [3.8, 4) is 28.3 Å². The molecule has 0 bridgehead atoms. The molecule has 2 aliphatic rings. The van der Waals surface area contributed by atoms with Gasteiger partial charge in [-0.15, -0.1) is 0 Å². The van der Waals surface area contributed by atoms with E-state index >= 15 is 0 Å². The first-order valence-corrected chi connectivity index (χ1v) is 9.29. The van der Waals surface area contributed by atoms with Gasteiger partial charge < -0.3 is 14.4 Å². The lowest BCUT2D eigenvalue weighted by Crippen LogP contribution is -2.37. The van der Waals surface area contributed by atoms with Crippen LogP contribution < -0.4 is 9.64 Å². The van der Waals surface area contributed by atoms with Crippen LogP contribution in [-0.4, -0.2) is 49.2 Å². The van der Waals surface area contributed by atoms with Crippen LogP contribution in [0.2, 0.25) is 0 Å². The number of aromatic nitrogens is 2. The zero-order chi connectivity index (χ0) is 19.1. The molecule has 1 fully saturated rings. The van der Waals surface area contributed by atoms with Crippen molar-refractivity contribution in [2.45, 2.75) is 0 Å². The van der Waals surface area contributed by atoms with E-state index in [-0.39, 0.29) is 5.78 Å². The first-order valence-electron chi connectivity index (χ1n) is 9.29. The molecule has 0 spiro atoms. The molecule has 0 radical (unpaired) electrons. The van der Waals surface area contributed by atoms with E-state index in [1.165, 1.54) is 0 Å². The second-order valence-corrected chi connectivity index (χ2v) is 6.80. The van der Waals surface area contributed by atoms with Crippen molar-refractivity contribution in [2.24, 2.45) is 0 Å². The lowest BCUT2D eigenvalue weighted by molar-refractivity contribution is 0.104. The number of ketones is 1. The highest BCUT2D eigenvalue weighted by molar-refractivity contribution is 6.23. The number of anilines is 1. The second-order valence-electron chi connectivity index (χ2n) is 6.80. The molecular formula is C22H19N3O3. The van der Waals surface area contributed by atoms with Crippen molar-refractivity contribution in [3.63, 3.8) is 0 Å². The number of rotatable bonds is 3. The average molecular weight is 373 g/mol. The third-order valence-corrected chi connectivity index (χ3v) is 5.21. The largest absolute Gasteiger partial charge is 0.497 e. The Morgan fingerprint density at radius 1 is 0.929 bits per heavy atom. The molecule has 2 aromatic carbocycles. The van der Waals surface area contributed by atoms with E-state index in [4.69, 9.17) is 19.4 Å². The van der Waals surface area contributed by atoms with E-state index in [1.807, 2.05) is 48.5 Å². The first-order chi connectivity index (χ1) is 13.8. The highest BCUT2D eigenvalue weighted by Crippen LogP contribution is 2.40. The number of morpholine rings is 1. The zero-order valence-electron chi connectivity index (χ0n) is 15.5. The van der Waals surface area contributed by atoms with Gasteiger partial charge in [0.2, 0.25) is 5.95 Å². The van der Waals surface area contributed by atoms with Crippen molar-refractivity contribution < 1.29 is 14.3 Å². The summed E-state index contributed by atoms with van der Waals surface area (Å²) in [5, 5.41) is 0. The summed E-state index contributed by atoms with van der Waals surface area (Å²) in [4.78, 5) is 24.9. The minimum atomic E-state index is -0.0232. The molecular weight excluding hydrogens is 354 g/mol. The molecule has 0 saturated carbocycles. The molecule has 0 atom stereocenters. The van der Waals surface area contributed by atoms with Gasteiger partial charge in [-0.25, -0.2) is 9.97 Å². The maximum atomic E-state index is 13.2. The van der Waals surface area contributed by atoms with Gasteiger partial charge in [0.25, 0.3) is 0 Å². The third kappa shape index (κ3) is 2.65. The van der Waals surface area contributed by atoms with Crippen LogP contribution in [0.4, 0.5) is 5.95 Å². The van der Waals surface area contributed by atoms with E-state index in [2.05, 4.69) is 4.90 Å². The standard InChI is InChI=1S/C22H19N3O3/c1-27-15-8-6-14(7-9-15)19-18-20(16-4-2-3-5-17(16)21(18)26)24-22(23-19)25-10-12-28-13-11-25/h2-9H,10-13H2,1H3. The lowest BCUT2D eigenvalue weighted by Gasteiger charge is -2.27. The number of nitrogens with zero attached hydrogens (tertiary/aromatic N) is 3. The van der Waals surface area contributed by atoms with Crippen molar-refractivity contribution in [1.29, 1.82) is 0 Å². The number of fused-ring (bicyclic) bond motifs is 3. The molecule has 6 nitrogen and oxygen atoms in total. The summed E-state index contributed by atoms with van der Waals surface area (Å²) in [6.07, 6.45) is 0. The van der Waals surface area contributed by atoms with Crippen LogP contribution in [0.1, 0.15) is 15.9 Å². The number of hydrogen-bond acceptors (Lipinski definition) is 6. The molecule has 0 unspecified atom stereocenters. The van der Waals surface area contributed by atoms with Crippen LogP contribution in [0.5, 0.6) is 5.75 Å². The van der Waals surface area contributed by atoms with Crippen LogP contribution >= 0.6 is 0 Å². The van der Waals surface area contributed by atoms with Crippen LogP contribution in [0, 0.1) is 0 Å². The summed E-state index contributed by atoms with van der Waals surface area (Å²) in [6, 6.07) is 15.2. The molecule has 28 heavy (non-hydrogen) atoms. The quantitative estimate of drug-likeness (QED) is 0.550.